The van der Waals surface area contributed by atoms with Crippen LogP contribution in [0.3, 0.4) is 0 Å². The van der Waals surface area contributed by atoms with E-state index in [1.807, 2.05) is 13.8 Å². The highest BCUT2D eigenvalue weighted by Crippen LogP contribution is 2.20. The fourth-order valence-corrected chi connectivity index (χ4v) is 1.97. The normalized spacial score (nSPS) is 12.7. The largest absolute Gasteiger partial charge is 0.377 e. The summed E-state index contributed by atoms with van der Waals surface area (Å²) in [6.45, 7) is 5.94. The van der Waals surface area contributed by atoms with Crippen molar-refractivity contribution in [3.63, 3.8) is 0 Å². The van der Waals surface area contributed by atoms with Crippen LogP contribution >= 0.6 is 0 Å². The maximum atomic E-state index is 12.1. The molecule has 0 fully saturated rings. The lowest BCUT2D eigenvalue weighted by Crippen LogP contribution is -2.19. The summed E-state index contributed by atoms with van der Waals surface area (Å²) in [5.41, 5.74) is 2.60. The van der Waals surface area contributed by atoms with Crippen molar-refractivity contribution in [2.45, 2.75) is 52.6 Å². The highest BCUT2D eigenvalue weighted by atomic mass is 16.5. The molecule has 0 aromatic carbocycles. The molecule has 1 aromatic rings. The average molecular weight is 237 g/mol. The zero-order valence-electron chi connectivity index (χ0n) is 11.3. The quantitative estimate of drug-likeness (QED) is 0.772. The molecular formula is C14H23NO2. The summed E-state index contributed by atoms with van der Waals surface area (Å²) in [5.74, 6) is 0. The number of aromatic amines is 1. The number of rotatable bonds is 6. The predicted molar refractivity (Wildman–Crippen MR) is 70.4 cm³/mol. The van der Waals surface area contributed by atoms with Gasteiger partial charge in [-0.15, -0.1) is 0 Å². The smallest absolute Gasteiger partial charge is 0.190 e. The van der Waals surface area contributed by atoms with Gasteiger partial charge in [0, 0.05) is 30.1 Å². The Labute approximate surface area is 103 Å². The van der Waals surface area contributed by atoms with E-state index >= 15 is 0 Å². The van der Waals surface area contributed by atoms with Gasteiger partial charge in [-0.05, 0) is 20.3 Å². The van der Waals surface area contributed by atoms with Crippen LogP contribution in [0.4, 0.5) is 0 Å². The van der Waals surface area contributed by atoms with Gasteiger partial charge in [0.1, 0.15) is 0 Å². The summed E-state index contributed by atoms with van der Waals surface area (Å²) >= 11 is 0. The summed E-state index contributed by atoms with van der Waals surface area (Å²) in [6, 6.07) is 0. The van der Waals surface area contributed by atoms with Gasteiger partial charge in [-0.3, -0.25) is 4.79 Å². The van der Waals surface area contributed by atoms with Crippen molar-refractivity contribution in [2.24, 2.45) is 0 Å². The average Bonchev–Trinajstić information content (AvgIpc) is 2.33. The third-order valence-electron chi connectivity index (χ3n) is 3.31. The van der Waals surface area contributed by atoms with Crippen LogP contribution in [0.5, 0.6) is 0 Å². The molecule has 17 heavy (non-hydrogen) atoms. The van der Waals surface area contributed by atoms with Gasteiger partial charge in [0.25, 0.3) is 0 Å². The van der Waals surface area contributed by atoms with Crippen LogP contribution in [0.25, 0.3) is 0 Å². The van der Waals surface area contributed by atoms with Crippen LogP contribution < -0.4 is 5.43 Å². The molecule has 0 saturated carbocycles. The van der Waals surface area contributed by atoms with Gasteiger partial charge in [0.15, 0.2) is 5.43 Å². The number of methoxy groups -OCH3 is 1. The van der Waals surface area contributed by atoms with Crippen LogP contribution in [-0.2, 0) is 4.74 Å². The molecule has 0 aliphatic heterocycles. The molecule has 1 rings (SSSR count). The Morgan fingerprint density at radius 2 is 2.06 bits per heavy atom. The predicted octanol–water partition coefficient (Wildman–Crippen LogP) is 3.26. The summed E-state index contributed by atoms with van der Waals surface area (Å²) in [6.07, 6.45) is 6.09. The van der Waals surface area contributed by atoms with Crippen molar-refractivity contribution in [2.75, 3.05) is 7.11 Å². The number of hydrogen-bond donors (Lipinski definition) is 1. The lowest BCUT2D eigenvalue weighted by Gasteiger charge is -2.15. The fraction of sp³-hybridized carbons (Fsp3) is 0.643. The molecule has 1 heterocycles. The number of ether oxygens (including phenoxy) is 1. The molecule has 0 aliphatic carbocycles. The topological polar surface area (TPSA) is 42.1 Å². The Bertz CT molecular complexity index is 409. The van der Waals surface area contributed by atoms with Gasteiger partial charge in [0.05, 0.1) is 6.10 Å². The van der Waals surface area contributed by atoms with Crippen LogP contribution in [0, 0.1) is 13.8 Å². The molecule has 3 nitrogen and oxygen atoms in total. The van der Waals surface area contributed by atoms with Crippen molar-refractivity contribution in [3.05, 3.63) is 33.2 Å². The number of H-pyrrole nitrogens is 1. The minimum Gasteiger partial charge on any atom is -0.377 e. The molecule has 0 radical (unpaired) electrons. The summed E-state index contributed by atoms with van der Waals surface area (Å²) < 4.78 is 5.44. The zero-order valence-corrected chi connectivity index (χ0v) is 11.3. The summed E-state index contributed by atoms with van der Waals surface area (Å²) in [7, 11) is 1.67. The summed E-state index contributed by atoms with van der Waals surface area (Å²) in [5, 5.41) is 0. The maximum Gasteiger partial charge on any atom is 0.190 e. The Morgan fingerprint density at radius 1 is 1.35 bits per heavy atom. The highest BCUT2D eigenvalue weighted by molar-refractivity contribution is 5.25. The molecular weight excluding hydrogens is 214 g/mol. The minimum atomic E-state index is -0.0791. The third kappa shape index (κ3) is 3.43. The van der Waals surface area contributed by atoms with Gasteiger partial charge in [-0.1, -0.05) is 26.2 Å². The molecule has 1 unspecified atom stereocenters. The lowest BCUT2D eigenvalue weighted by molar-refractivity contribution is 0.0920. The molecule has 1 atom stereocenters. The van der Waals surface area contributed by atoms with Gasteiger partial charge in [0.2, 0.25) is 0 Å². The molecule has 0 aliphatic rings. The van der Waals surface area contributed by atoms with Crippen molar-refractivity contribution < 1.29 is 4.74 Å². The van der Waals surface area contributed by atoms with E-state index < -0.39 is 0 Å². The number of aromatic nitrogens is 1. The van der Waals surface area contributed by atoms with E-state index in [1.165, 1.54) is 12.8 Å². The van der Waals surface area contributed by atoms with Gasteiger partial charge >= 0.3 is 0 Å². The van der Waals surface area contributed by atoms with Crippen LogP contribution in [-0.4, -0.2) is 12.1 Å². The fourth-order valence-electron chi connectivity index (χ4n) is 1.97. The van der Waals surface area contributed by atoms with E-state index in [1.54, 1.807) is 13.3 Å². The van der Waals surface area contributed by atoms with Crippen LogP contribution in [0.2, 0.25) is 0 Å². The standard InChI is InChI=1S/C14H23NO2/c1-5-6-7-8-13(17-4)12-9-15-11(3)10(2)14(12)16/h9,13H,5-8H2,1-4H3,(H,15,16). The Hall–Kier alpha value is -1.09. The van der Waals surface area contributed by atoms with E-state index in [-0.39, 0.29) is 11.5 Å². The molecule has 0 saturated heterocycles. The van der Waals surface area contributed by atoms with Crippen molar-refractivity contribution in [1.29, 1.82) is 0 Å². The first-order valence-electron chi connectivity index (χ1n) is 6.33. The van der Waals surface area contributed by atoms with E-state index in [0.717, 1.165) is 29.7 Å². The number of aryl methyl sites for hydroxylation is 1. The number of hydrogen-bond acceptors (Lipinski definition) is 2. The molecule has 3 heteroatoms. The molecule has 1 N–H and O–H groups in total. The number of unbranched alkanes of at least 4 members (excludes halogenated alkanes) is 2. The van der Waals surface area contributed by atoms with E-state index in [9.17, 15) is 4.79 Å². The minimum absolute atomic E-state index is 0.0791. The van der Waals surface area contributed by atoms with Crippen LogP contribution in [0.1, 0.15) is 55.5 Å². The third-order valence-corrected chi connectivity index (χ3v) is 3.31. The SMILES string of the molecule is CCCCCC(OC)c1c[nH]c(C)c(C)c1=O. The molecule has 0 bridgehead atoms. The van der Waals surface area contributed by atoms with E-state index in [2.05, 4.69) is 11.9 Å². The van der Waals surface area contributed by atoms with Gasteiger partial charge in [-0.25, -0.2) is 0 Å². The van der Waals surface area contributed by atoms with Crippen molar-refractivity contribution >= 4 is 0 Å². The Morgan fingerprint density at radius 3 is 2.65 bits per heavy atom. The zero-order chi connectivity index (χ0) is 12.8. The second-order valence-electron chi connectivity index (χ2n) is 4.54. The molecule has 0 amide bonds. The second-order valence-corrected chi connectivity index (χ2v) is 4.54. The maximum absolute atomic E-state index is 12.1. The van der Waals surface area contributed by atoms with E-state index in [4.69, 9.17) is 4.74 Å². The Kier molecular flexibility index (Phi) is 5.42. The van der Waals surface area contributed by atoms with Gasteiger partial charge < -0.3 is 9.72 Å². The highest BCUT2D eigenvalue weighted by Gasteiger charge is 2.15. The number of nitrogens with one attached hydrogen (secondary N) is 1. The van der Waals surface area contributed by atoms with Crippen molar-refractivity contribution in [3.8, 4) is 0 Å². The summed E-state index contributed by atoms with van der Waals surface area (Å²) in [4.78, 5) is 15.3. The molecule has 96 valence electrons. The molecule has 1 aromatic heterocycles. The first-order valence-corrected chi connectivity index (χ1v) is 6.33. The molecule has 0 spiro atoms. The first-order chi connectivity index (χ1) is 8.11. The van der Waals surface area contributed by atoms with Crippen molar-refractivity contribution in [1.82, 2.24) is 4.98 Å². The van der Waals surface area contributed by atoms with E-state index in [0.29, 0.717) is 0 Å². The second kappa shape index (κ2) is 6.60. The number of pyridine rings is 1. The monoisotopic (exact) mass is 237 g/mol. The van der Waals surface area contributed by atoms with Crippen LogP contribution in [0.15, 0.2) is 11.0 Å². The lowest BCUT2D eigenvalue weighted by atomic mass is 10.0. The van der Waals surface area contributed by atoms with Gasteiger partial charge in [-0.2, -0.15) is 0 Å². The Balaban J connectivity index is 2.89. The first kappa shape index (κ1) is 14.0.